The van der Waals surface area contributed by atoms with Crippen LogP contribution in [0, 0.1) is 0 Å². The highest BCUT2D eigenvalue weighted by Gasteiger charge is 2.34. The van der Waals surface area contributed by atoms with Gasteiger partial charge in [0.05, 0.1) is 6.61 Å². The van der Waals surface area contributed by atoms with E-state index in [2.05, 4.69) is 5.16 Å². The first kappa shape index (κ1) is 13.3. The number of alkyl halides is 3. The van der Waals surface area contributed by atoms with Crippen molar-refractivity contribution in [3.8, 4) is 5.75 Å². The number of hydrogen-bond acceptors (Lipinski definition) is 3. The first-order valence-corrected chi connectivity index (χ1v) is 4.95. The Bertz CT molecular complexity index is 402. The molecule has 0 aliphatic heterocycles. The highest BCUT2D eigenvalue weighted by Crippen LogP contribution is 2.35. The minimum atomic E-state index is -4.47. The van der Waals surface area contributed by atoms with Gasteiger partial charge in [-0.25, -0.2) is 0 Å². The van der Waals surface area contributed by atoms with Gasteiger partial charge < -0.3 is 9.57 Å². The fourth-order valence-electron chi connectivity index (χ4n) is 1.13. The average molecular weight is 247 g/mol. The maximum Gasteiger partial charge on any atom is 0.420 e. The molecule has 0 amide bonds. The van der Waals surface area contributed by atoms with Crippen molar-refractivity contribution in [2.24, 2.45) is 5.16 Å². The SMILES string of the molecule is CCO/C(C)=N\Oc1ccccc1C(F)(F)F. The summed E-state index contributed by atoms with van der Waals surface area (Å²) in [7, 11) is 0. The van der Waals surface area contributed by atoms with Crippen LogP contribution in [0.5, 0.6) is 5.75 Å². The normalized spacial score (nSPS) is 12.4. The van der Waals surface area contributed by atoms with Crippen molar-refractivity contribution in [1.82, 2.24) is 0 Å². The van der Waals surface area contributed by atoms with E-state index in [1.165, 1.54) is 25.1 Å². The quantitative estimate of drug-likeness (QED) is 0.465. The Labute approximate surface area is 96.8 Å². The molecule has 1 rings (SSSR count). The van der Waals surface area contributed by atoms with Gasteiger partial charge in [-0.15, -0.1) is 0 Å². The monoisotopic (exact) mass is 247 g/mol. The molecule has 0 radical (unpaired) electrons. The Morgan fingerprint density at radius 1 is 1.29 bits per heavy atom. The second-order valence-corrected chi connectivity index (χ2v) is 3.13. The lowest BCUT2D eigenvalue weighted by atomic mass is 10.2. The highest BCUT2D eigenvalue weighted by molar-refractivity contribution is 5.72. The molecule has 0 N–H and O–H groups in total. The number of benzene rings is 1. The van der Waals surface area contributed by atoms with Crippen molar-refractivity contribution < 1.29 is 22.7 Å². The maximum atomic E-state index is 12.6. The van der Waals surface area contributed by atoms with Crippen LogP contribution in [0.4, 0.5) is 13.2 Å². The van der Waals surface area contributed by atoms with Gasteiger partial charge in [-0.1, -0.05) is 12.1 Å². The number of oxime groups is 1. The van der Waals surface area contributed by atoms with Gasteiger partial charge >= 0.3 is 6.18 Å². The number of hydrogen-bond donors (Lipinski definition) is 0. The Kier molecular flexibility index (Phi) is 4.37. The third kappa shape index (κ3) is 3.97. The van der Waals surface area contributed by atoms with E-state index in [9.17, 15) is 13.2 Å². The molecule has 1 aromatic rings. The molecular formula is C11H12F3NO2. The van der Waals surface area contributed by atoms with Gasteiger partial charge in [0.15, 0.2) is 5.75 Å². The fraction of sp³-hybridized carbons (Fsp3) is 0.364. The molecule has 3 nitrogen and oxygen atoms in total. The molecule has 94 valence electrons. The van der Waals surface area contributed by atoms with Crippen molar-refractivity contribution in [3.05, 3.63) is 29.8 Å². The smallest absolute Gasteiger partial charge is 0.420 e. The van der Waals surface area contributed by atoms with E-state index in [0.717, 1.165) is 6.07 Å². The van der Waals surface area contributed by atoms with E-state index in [-0.39, 0.29) is 11.6 Å². The summed E-state index contributed by atoms with van der Waals surface area (Å²) >= 11 is 0. The molecule has 0 bridgehead atoms. The third-order valence-corrected chi connectivity index (χ3v) is 1.82. The van der Waals surface area contributed by atoms with Crippen LogP contribution < -0.4 is 4.84 Å². The number of para-hydroxylation sites is 1. The molecule has 0 aromatic heterocycles. The van der Waals surface area contributed by atoms with E-state index in [4.69, 9.17) is 9.57 Å². The first-order chi connectivity index (χ1) is 7.95. The maximum absolute atomic E-state index is 12.6. The lowest BCUT2D eigenvalue weighted by Crippen LogP contribution is -2.08. The molecule has 17 heavy (non-hydrogen) atoms. The summed E-state index contributed by atoms with van der Waals surface area (Å²) in [4.78, 5) is 4.72. The zero-order valence-corrected chi connectivity index (χ0v) is 9.41. The van der Waals surface area contributed by atoms with Gasteiger partial charge in [-0.05, 0) is 24.2 Å². The predicted octanol–water partition coefficient (Wildman–Crippen LogP) is 3.45. The zero-order chi connectivity index (χ0) is 12.9. The zero-order valence-electron chi connectivity index (χ0n) is 9.41. The molecule has 0 saturated carbocycles. The molecular weight excluding hydrogens is 235 g/mol. The van der Waals surface area contributed by atoms with Crippen molar-refractivity contribution in [2.45, 2.75) is 20.0 Å². The molecule has 0 heterocycles. The average Bonchev–Trinajstić information content (AvgIpc) is 2.26. The lowest BCUT2D eigenvalue weighted by molar-refractivity contribution is -0.139. The van der Waals surface area contributed by atoms with E-state index in [1.807, 2.05) is 0 Å². The molecule has 6 heteroatoms. The number of rotatable bonds is 3. The minimum absolute atomic E-state index is 0.171. The molecule has 1 aromatic carbocycles. The molecule has 0 unspecified atom stereocenters. The summed E-state index contributed by atoms with van der Waals surface area (Å²) in [5.74, 6) is -0.177. The molecule has 0 atom stereocenters. The summed E-state index contributed by atoms with van der Waals surface area (Å²) in [6.45, 7) is 3.61. The van der Waals surface area contributed by atoms with Crippen LogP contribution in [0.25, 0.3) is 0 Å². The van der Waals surface area contributed by atoms with Crippen molar-refractivity contribution >= 4 is 5.90 Å². The minimum Gasteiger partial charge on any atom is -0.479 e. The van der Waals surface area contributed by atoms with E-state index >= 15 is 0 Å². The van der Waals surface area contributed by atoms with Crippen LogP contribution in [0.3, 0.4) is 0 Å². The van der Waals surface area contributed by atoms with Crippen molar-refractivity contribution in [1.29, 1.82) is 0 Å². The number of ether oxygens (including phenoxy) is 1. The molecule has 0 aliphatic rings. The number of nitrogens with zero attached hydrogens (tertiary/aromatic N) is 1. The van der Waals surface area contributed by atoms with Crippen LogP contribution in [-0.4, -0.2) is 12.5 Å². The van der Waals surface area contributed by atoms with Gasteiger partial charge in [0.25, 0.3) is 0 Å². The lowest BCUT2D eigenvalue weighted by Gasteiger charge is -2.10. The summed E-state index contributed by atoms with van der Waals surface area (Å²) in [6.07, 6.45) is -4.47. The fourth-order valence-corrected chi connectivity index (χ4v) is 1.13. The Hall–Kier alpha value is -1.72. The van der Waals surface area contributed by atoms with E-state index in [1.54, 1.807) is 6.92 Å². The summed E-state index contributed by atoms with van der Waals surface area (Å²) in [6, 6.07) is 4.86. The number of halogens is 3. The van der Waals surface area contributed by atoms with Gasteiger partial charge in [0, 0.05) is 6.92 Å². The van der Waals surface area contributed by atoms with Crippen LogP contribution in [0.2, 0.25) is 0 Å². The van der Waals surface area contributed by atoms with Crippen LogP contribution >= 0.6 is 0 Å². The highest BCUT2D eigenvalue weighted by atomic mass is 19.4. The van der Waals surface area contributed by atoms with Gasteiger partial charge in [0.1, 0.15) is 5.56 Å². The standard InChI is InChI=1S/C11H12F3NO2/c1-3-16-8(2)15-17-10-7-5-4-6-9(10)11(12,13)14/h4-7H,3H2,1-2H3/b15-8-. The van der Waals surface area contributed by atoms with Gasteiger partial charge in [-0.3, -0.25) is 0 Å². The summed E-state index contributed by atoms with van der Waals surface area (Å²) in [5, 5.41) is 3.45. The van der Waals surface area contributed by atoms with Crippen molar-refractivity contribution in [3.63, 3.8) is 0 Å². The molecule has 0 spiro atoms. The summed E-state index contributed by atoms with van der Waals surface area (Å²) < 4.78 is 42.6. The Morgan fingerprint density at radius 2 is 1.94 bits per heavy atom. The first-order valence-electron chi connectivity index (χ1n) is 4.95. The van der Waals surface area contributed by atoms with Crippen LogP contribution in [0.1, 0.15) is 19.4 Å². The second kappa shape index (κ2) is 5.56. The van der Waals surface area contributed by atoms with E-state index in [0.29, 0.717) is 6.61 Å². The van der Waals surface area contributed by atoms with Crippen LogP contribution in [0.15, 0.2) is 29.4 Å². The third-order valence-electron chi connectivity index (χ3n) is 1.82. The molecule has 0 fully saturated rings. The molecule has 0 saturated heterocycles. The van der Waals surface area contributed by atoms with Crippen molar-refractivity contribution in [2.75, 3.05) is 6.61 Å². The second-order valence-electron chi connectivity index (χ2n) is 3.13. The Morgan fingerprint density at radius 3 is 2.53 bits per heavy atom. The molecule has 0 aliphatic carbocycles. The van der Waals surface area contributed by atoms with Gasteiger partial charge in [-0.2, -0.15) is 13.2 Å². The Balaban J connectivity index is 2.88. The largest absolute Gasteiger partial charge is 0.479 e. The predicted molar refractivity (Wildman–Crippen MR) is 56.8 cm³/mol. The van der Waals surface area contributed by atoms with Crippen LogP contribution in [-0.2, 0) is 10.9 Å². The summed E-state index contributed by atoms with van der Waals surface area (Å²) in [5.41, 5.74) is -0.868. The van der Waals surface area contributed by atoms with Gasteiger partial charge in [0.2, 0.25) is 5.90 Å². The van der Waals surface area contributed by atoms with E-state index < -0.39 is 11.7 Å². The topological polar surface area (TPSA) is 30.8 Å².